The van der Waals surface area contributed by atoms with Gasteiger partial charge in [0, 0.05) is 12.4 Å². The molecule has 0 atom stereocenters. The summed E-state index contributed by atoms with van der Waals surface area (Å²) in [7, 11) is -3.87. The van der Waals surface area contributed by atoms with Gasteiger partial charge in [0.15, 0.2) is 0 Å². The minimum Gasteiger partial charge on any atom is -0.494 e. The maximum absolute atomic E-state index is 13.3. The van der Waals surface area contributed by atoms with Gasteiger partial charge in [-0.25, -0.2) is 12.8 Å². The van der Waals surface area contributed by atoms with Crippen LogP contribution in [0, 0.1) is 5.82 Å². The van der Waals surface area contributed by atoms with Crippen LogP contribution in [0.3, 0.4) is 0 Å². The molecule has 0 amide bonds. The zero-order valence-electron chi connectivity index (χ0n) is 14.7. The summed E-state index contributed by atoms with van der Waals surface area (Å²) in [4.78, 5) is 4.16. The minimum absolute atomic E-state index is 0.0784. The predicted molar refractivity (Wildman–Crippen MR) is 102 cm³/mol. The fourth-order valence-electron chi connectivity index (χ4n) is 2.58. The second kappa shape index (κ2) is 8.18. The highest BCUT2D eigenvalue weighted by Gasteiger charge is 2.25. The van der Waals surface area contributed by atoms with E-state index >= 15 is 0 Å². The lowest BCUT2D eigenvalue weighted by Gasteiger charge is -2.24. The van der Waals surface area contributed by atoms with Crippen LogP contribution in [-0.2, 0) is 16.6 Å². The van der Waals surface area contributed by atoms with Crippen molar-refractivity contribution in [3.8, 4) is 5.75 Å². The molecule has 0 fully saturated rings. The Labute approximate surface area is 158 Å². The smallest absolute Gasteiger partial charge is 0.264 e. The van der Waals surface area contributed by atoms with Crippen LogP contribution in [0.15, 0.2) is 78.0 Å². The summed E-state index contributed by atoms with van der Waals surface area (Å²) in [5.41, 5.74) is 1.09. The highest BCUT2D eigenvalue weighted by atomic mass is 32.2. The second-order valence-electron chi connectivity index (χ2n) is 5.75. The average Bonchev–Trinajstić information content (AvgIpc) is 2.68. The zero-order chi connectivity index (χ0) is 19.3. The van der Waals surface area contributed by atoms with Crippen molar-refractivity contribution in [2.24, 2.45) is 0 Å². The second-order valence-corrected chi connectivity index (χ2v) is 7.62. The maximum atomic E-state index is 13.3. The largest absolute Gasteiger partial charge is 0.494 e. The Morgan fingerprint density at radius 3 is 2.33 bits per heavy atom. The van der Waals surface area contributed by atoms with Gasteiger partial charge in [0.05, 0.1) is 23.7 Å². The van der Waals surface area contributed by atoms with Crippen LogP contribution in [0.25, 0.3) is 0 Å². The fourth-order valence-corrected chi connectivity index (χ4v) is 4.03. The van der Waals surface area contributed by atoms with Gasteiger partial charge < -0.3 is 4.74 Å². The Morgan fingerprint density at radius 1 is 1.04 bits per heavy atom. The van der Waals surface area contributed by atoms with Crippen LogP contribution in [0.5, 0.6) is 5.75 Å². The van der Waals surface area contributed by atoms with E-state index in [0.717, 1.165) is 5.56 Å². The number of halogens is 1. The van der Waals surface area contributed by atoms with Crippen LogP contribution < -0.4 is 9.04 Å². The standard InChI is InChI=1S/C20H19FN2O3S/c1-2-26-19-9-11-20(12-10-19)27(24,25)23(15-16-4-3-13-22-14-16)18-7-5-17(21)6-8-18/h3-14H,2,15H2,1H3. The average molecular weight is 386 g/mol. The number of hydrogen-bond donors (Lipinski definition) is 0. The van der Waals surface area contributed by atoms with Gasteiger partial charge in [-0.1, -0.05) is 6.07 Å². The number of benzene rings is 2. The quantitative estimate of drug-likeness (QED) is 0.615. The molecule has 27 heavy (non-hydrogen) atoms. The van der Waals surface area contributed by atoms with Gasteiger partial charge >= 0.3 is 0 Å². The summed E-state index contributed by atoms with van der Waals surface area (Å²) in [6, 6.07) is 15.1. The molecule has 1 heterocycles. The molecule has 140 valence electrons. The predicted octanol–water partition coefficient (Wildman–Crippen LogP) is 4.01. The number of hydrogen-bond acceptors (Lipinski definition) is 4. The summed E-state index contributed by atoms with van der Waals surface area (Å²) >= 11 is 0. The van der Waals surface area contributed by atoms with Crippen LogP contribution in [0.4, 0.5) is 10.1 Å². The maximum Gasteiger partial charge on any atom is 0.264 e. The van der Waals surface area contributed by atoms with Crippen molar-refractivity contribution in [3.63, 3.8) is 0 Å². The van der Waals surface area contributed by atoms with Crippen molar-refractivity contribution in [1.82, 2.24) is 4.98 Å². The van der Waals surface area contributed by atoms with E-state index in [4.69, 9.17) is 4.74 Å². The third-order valence-electron chi connectivity index (χ3n) is 3.89. The molecular weight excluding hydrogens is 367 g/mol. The van der Waals surface area contributed by atoms with E-state index in [9.17, 15) is 12.8 Å². The van der Waals surface area contributed by atoms with Crippen molar-refractivity contribution < 1.29 is 17.5 Å². The highest BCUT2D eigenvalue weighted by Crippen LogP contribution is 2.27. The van der Waals surface area contributed by atoms with E-state index in [2.05, 4.69) is 4.98 Å². The highest BCUT2D eigenvalue weighted by molar-refractivity contribution is 7.92. The number of pyridine rings is 1. The molecule has 3 rings (SSSR count). The molecule has 7 heteroatoms. The van der Waals surface area contributed by atoms with Crippen LogP contribution >= 0.6 is 0 Å². The molecule has 0 N–H and O–H groups in total. The Kier molecular flexibility index (Phi) is 5.71. The molecule has 3 aromatic rings. The molecule has 2 aromatic carbocycles. The number of rotatable bonds is 7. The lowest BCUT2D eigenvalue weighted by molar-refractivity contribution is 0.340. The summed E-state index contributed by atoms with van der Waals surface area (Å²) in [5.74, 6) is 0.163. The van der Waals surface area contributed by atoms with Gasteiger partial charge in [0.25, 0.3) is 10.0 Å². The minimum atomic E-state index is -3.87. The van der Waals surface area contributed by atoms with E-state index in [1.54, 1.807) is 36.7 Å². The Balaban J connectivity index is 2.01. The molecule has 0 aliphatic heterocycles. The molecule has 0 spiro atoms. The van der Waals surface area contributed by atoms with Crippen molar-refractivity contribution in [2.45, 2.75) is 18.4 Å². The normalized spacial score (nSPS) is 11.2. The third-order valence-corrected chi connectivity index (χ3v) is 5.67. The molecule has 0 aliphatic carbocycles. The molecule has 0 saturated heterocycles. The van der Waals surface area contributed by atoms with Crippen LogP contribution in [0.1, 0.15) is 12.5 Å². The third kappa shape index (κ3) is 4.43. The molecule has 5 nitrogen and oxygen atoms in total. The van der Waals surface area contributed by atoms with Crippen LogP contribution in [0.2, 0.25) is 0 Å². The van der Waals surface area contributed by atoms with E-state index in [0.29, 0.717) is 18.0 Å². The van der Waals surface area contributed by atoms with Crippen LogP contribution in [-0.4, -0.2) is 20.0 Å². The first kappa shape index (κ1) is 18.8. The van der Waals surface area contributed by atoms with E-state index in [1.165, 1.54) is 40.7 Å². The lowest BCUT2D eigenvalue weighted by Crippen LogP contribution is -2.30. The van der Waals surface area contributed by atoms with E-state index in [-0.39, 0.29) is 11.4 Å². The van der Waals surface area contributed by atoms with E-state index in [1.807, 2.05) is 6.92 Å². The number of anilines is 1. The van der Waals surface area contributed by atoms with Gasteiger partial charge in [0.2, 0.25) is 0 Å². The van der Waals surface area contributed by atoms with Crippen molar-refractivity contribution in [2.75, 3.05) is 10.9 Å². The fraction of sp³-hybridized carbons (Fsp3) is 0.150. The van der Waals surface area contributed by atoms with Crippen molar-refractivity contribution in [1.29, 1.82) is 0 Å². The van der Waals surface area contributed by atoms with Crippen molar-refractivity contribution in [3.05, 3.63) is 84.4 Å². The lowest BCUT2D eigenvalue weighted by atomic mass is 10.2. The first-order valence-corrected chi connectivity index (χ1v) is 9.85. The summed E-state index contributed by atoms with van der Waals surface area (Å²) in [5, 5.41) is 0. The number of nitrogens with zero attached hydrogens (tertiary/aromatic N) is 2. The van der Waals surface area contributed by atoms with Crippen molar-refractivity contribution >= 4 is 15.7 Å². The number of ether oxygens (including phenoxy) is 1. The number of sulfonamides is 1. The summed E-state index contributed by atoms with van der Waals surface area (Å²) in [6.07, 6.45) is 3.22. The molecule has 0 bridgehead atoms. The monoisotopic (exact) mass is 386 g/mol. The number of aromatic nitrogens is 1. The SMILES string of the molecule is CCOc1ccc(S(=O)(=O)N(Cc2cccnc2)c2ccc(F)cc2)cc1. The Hall–Kier alpha value is -2.93. The Morgan fingerprint density at radius 2 is 1.74 bits per heavy atom. The molecular formula is C20H19FN2O3S. The summed E-state index contributed by atoms with van der Waals surface area (Å²) < 4.78 is 46.5. The van der Waals surface area contributed by atoms with Gasteiger partial charge in [-0.3, -0.25) is 9.29 Å². The van der Waals surface area contributed by atoms with Gasteiger partial charge in [0.1, 0.15) is 11.6 Å². The molecule has 0 aliphatic rings. The topological polar surface area (TPSA) is 59.5 Å². The first-order chi connectivity index (χ1) is 13.0. The molecule has 0 radical (unpaired) electrons. The Bertz CT molecular complexity index is 976. The molecule has 0 unspecified atom stereocenters. The molecule has 1 aromatic heterocycles. The first-order valence-electron chi connectivity index (χ1n) is 8.41. The molecule has 0 saturated carbocycles. The van der Waals surface area contributed by atoms with Gasteiger partial charge in [-0.15, -0.1) is 0 Å². The van der Waals surface area contributed by atoms with E-state index < -0.39 is 15.8 Å². The zero-order valence-corrected chi connectivity index (χ0v) is 15.6. The van der Waals surface area contributed by atoms with Gasteiger partial charge in [-0.05, 0) is 67.1 Å². The van der Waals surface area contributed by atoms with Gasteiger partial charge in [-0.2, -0.15) is 0 Å². The summed E-state index contributed by atoms with van der Waals surface area (Å²) in [6.45, 7) is 2.43.